The third-order valence-electron chi connectivity index (χ3n) is 1.48. The molecule has 0 aliphatic heterocycles. The molecule has 1 rings (SSSR count). The molecule has 0 aromatic heterocycles. The molecule has 0 heterocycles. The van der Waals surface area contributed by atoms with Crippen molar-refractivity contribution >= 4 is 22.7 Å². The Bertz CT molecular complexity index is 360. The number of hydrogen-bond acceptors (Lipinski definition) is 5. The van der Waals surface area contributed by atoms with Gasteiger partial charge in [0, 0.05) is 31.9 Å². The first-order chi connectivity index (χ1) is 6.97. The fraction of sp³-hybridized carbons (Fsp3) is 0.250. The van der Waals surface area contributed by atoms with E-state index in [9.17, 15) is 0 Å². The van der Waals surface area contributed by atoms with Crippen LogP contribution in [0.5, 0.6) is 0 Å². The van der Waals surface area contributed by atoms with Crippen LogP contribution in [0.15, 0.2) is 24.3 Å². The summed E-state index contributed by atoms with van der Waals surface area (Å²) in [6, 6.07) is 7.31. The minimum Gasteiger partial charge on any atom is -0.784 e. The standard InChI is InChI=1S/C8H10N3.Na.H2O3S/c1-11(2)8-5-3-7(10-9)4-6-8;;1-4(2)3/h3-6H,1-2H3;;(H2,1,2,3)/q2*+1;/p-2. The average molecular weight is 251 g/mol. The summed E-state index contributed by atoms with van der Waals surface area (Å²) in [6.07, 6.45) is 0. The van der Waals surface area contributed by atoms with Crippen molar-refractivity contribution in [2.75, 3.05) is 19.0 Å². The molecule has 0 unspecified atom stereocenters. The van der Waals surface area contributed by atoms with Gasteiger partial charge in [-0.1, -0.05) is 0 Å². The van der Waals surface area contributed by atoms with Crippen LogP contribution in [0, 0.1) is 5.39 Å². The summed E-state index contributed by atoms with van der Waals surface area (Å²) in [6.45, 7) is 0. The van der Waals surface area contributed by atoms with Crippen LogP contribution in [0.1, 0.15) is 0 Å². The molecule has 0 atom stereocenters. The molecule has 6 nitrogen and oxygen atoms in total. The smallest absolute Gasteiger partial charge is 0.784 e. The number of hydrogen-bond donors (Lipinski definition) is 0. The van der Waals surface area contributed by atoms with E-state index in [4.69, 9.17) is 18.7 Å². The predicted octanol–water partition coefficient (Wildman–Crippen LogP) is -1.76. The normalized spacial score (nSPS) is 8.25. The zero-order valence-electron chi connectivity index (χ0n) is 9.28. The molecule has 82 valence electrons. The molecule has 8 heteroatoms. The van der Waals surface area contributed by atoms with E-state index in [-0.39, 0.29) is 29.6 Å². The second kappa shape index (κ2) is 9.72. The summed E-state index contributed by atoms with van der Waals surface area (Å²) < 4.78 is 25.3. The molecular weight excluding hydrogens is 241 g/mol. The molecule has 0 N–H and O–H groups in total. The topological polar surface area (TPSA) is 94.6 Å². The third-order valence-corrected chi connectivity index (χ3v) is 1.48. The van der Waals surface area contributed by atoms with Gasteiger partial charge in [0.15, 0.2) is 4.98 Å². The maximum absolute atomic E-state index is 8.44. The summed E-state index contributed by atoms with van der Waals surface area (Å²) in [4.78, 5) is 5.04. The summed E-state index contributed by atoms with van der Waals surface area (Å²) >= 11 is -3.11. The van der Waals surface area contributed by atoms with Crippen molar-refractivity contribution in [2.45, 2.75) is 0 Å². The fourth-order valence-electron chi connectivity index (χ4n) is 0.817. The van der Waals surface area contributed by atoms with Crippen LogP contribution in [0.25, 0.3) is 4.98 Å². The van der Waals surface area contributed by atoms with Gasteiger partial charge in [0.2, 0.25) is 5.39 Å². The van der Waals surface area contributed by atoms with E-state index >= 15 is 0 Å². The Morgan fingerprint density at radius 3 is 1.88 bits per heavy atom. The van der Waals surface area contributed by atoms with Crippen molar-refractivity contribution in [1.29, 1.82) is 5.39 Å². The molecule has 1 aromatic rings. The minimum absolute atomic E-state index is 0. The number of rotatable bonds is 1. The molecule has 1 aromatic carbocycles. The van der Waals surface area contributed by atoms with Crippen LogP contribution in [0.4, 0.5) is 11.4 Å². The molecule has 0 saturated heterocycles. The molecule has 0 aliphatic rings. The van der Waals surface area contributed by atoms with E-state index < -0.39 is 11.4 Å². The summed E-state index contributed by atoms with van der Waals surface area (Å²) in [5.74, 6) is 0. The van der Waals surface area contributed by atoms with Crippen LogP contribution in [0.2, 0.25) is 0 Å². The molecule has 0 radical (unpaired) electrons. The maximum atomic E-state index is 8.44. The third kappa shape index (κ3) is 8.79. The van der Waals surface area contributed by atoms with Crippen LogP contribution in [-0.2, 0) is 11.4 Å². The maximum Gasteiger partial charge on any atom is 1.00 e. The molecule has 0 amide bonds. The van der Waals surface area contributed by atoms with E-state index in [1.807, 2.05) is 31.1 Å². The first-order valence-electron chi connectivity index (χ1n) is 3.86. The largest absolute Gasteiger partial charge is 1.00 e. The first-order valence-corrected chi connectivity index (χ1v) is 4.86. The van der Waals surface area contributed by atoms with E-state index in [2.05, 4.69) is 4.98 Å². The Hall–Kier alpha value is -0.490. The molecule has 0 fully saturated rings. The van der Waals surface area contributed by atoms with Crippen LogP contribution >= 0.6 is 0 Å². The van der Waals surface area contributed by atoms with Crippen LogP contribution in [0.3, 0.4) is 0 Å². The molecule has 0 saturated carbocycles. The predicted molar refractivity (Wildman–Crippen MR) is 55.2 cm³/mol. The Kier molecular flexibility index (Phi) is 10.9. The van der Waals surface area contributed by atoms with Crippen molar-refractivity contribution in [3.8, 4) is 0 Å². The molecule has 16 heavy (non-hydrogen) atoms. The Morgan fingerprint density at radius 1 is 1.25 bits per heavy atom. The van der Waals surface area contributed by atoms with Gasteiger partial charge in [-0.2, -0.15) is 0 Å². The van der Waals surface area contributed by atoms with Gasteiger partial charge in [-0.15, -0.1) is 11.4 Å². The van der Waals surface area contributed by atoms with Crippen LogP contribution < -0.4 is 34.5 Å². The monoisotopic (exact) mass is 251 g/mol. The quantitative estimate of drug-likeness (QED) is 0.335. The fourth-order valence-corrected chi connectivity index (χ4v) is 0.817. The van der Waals surface area contributed by atoms with E-state index in [0.717, 1.165) is 5.69 Å². The van der Waals surface area contributed by atoms with Gasteiger partial charge in [0.1, 0.15) is 0 Å². The minimum atomic E-state index is -3.11. The number of benzene rings is 1. The number of nitrogens with zero attached hydrogens (tertiary/aromatic N) is 3. The van der Waals surface area contributed by atoms with E-state index in [0.29, 0.717) is 5.69 Å². The van der Waals surface area contributed by atoms with Gasteiger partial charge in [0.25, 0.3) is 0 Å². The van der Waals surface area contributed by atoms with E-state index in [1.54, 1.807) is 12.1 Å². The second-order valence-electron chi connectivity index (χ2n) is 2.71. The average Bonchev–Trinajstić information content (AvgIpc) is 2.17. The number of anilines is 1. The first kappa shape index (κ1) is 17.9. The van der Waals surface area contributed by atoms with Gasteiger partial charge < -0.3 is 14.0 Å². The van der Waals surface area contributed by atoms with Crippen molar-refractivity contribution in [3.63, 3.8) is 0 Å². The molecular formula is C8H10N3NaO3S. The van der Waals surface area contributed by atoms with Gasteiger partial charge in [0.05, 0.1) is 0 Å². The van der Waals surface area contributed by atoms with Crippen molar-refractivity contribution in [2.24, 2.45) is 0 Å². The van der Waals surface area contributed by atoms with Crippen LogP contribution in [-0.4, -0.2) is 27.4 Å². The van der Waals surface area contributed by atoms with E-state index in [1.165, 1.54) is 0 Å². The SMILES string of the molecule is CN(C)c1ccc([N+]#N)cc1.O=S([O-])[O-].[Na+]. The zero-order chi connectivity index (χ0) is 11.8. The second-order valence-corrected chi connectivity index (χ2v) is 3.12. The van der Waals surface area contributed by atoms with Crippen molar-refractivity contribution < 1.29 is 42.9 Å². The summed E-state index contributed by atoms with van der Waals surface area (Å²) in [5.41, 5.74) is 1.67. The van der Waals surface area contributed by atoms with Gasteiger partial charge in [-0.05, 0) is 12.1 Å². The van der Waals surface area contributed by atoms with Gasteiger partial charge >= 0.3 is 35.2 Å². The Labute approximate surface area is 119 Å². The Balaban J connectivity index is 0. The number of diazo groups is 1. The molecule has 0 aliphatic carbocycles. The van der Waals surface area contributed by atoms with Gasteiger partial charge in [-0.3, -0.25) is 4.21 Å². The van der Waals surface area contributed by atoms with Crippen molar-refractivity contribution in [3.05, 3.63) is 29.2 Å². The van der Waals surface area contributed by atoms with Gasteiger partial charge in [-0.25, -0.2) is 0 Å². The summed E-state index contributed by atoms with van der Waals surface area (Å²) in [7, 11) is 3.93. The van der Waals surface area contributed by atoms with Crippen molar-refractivity contribution in [1.82, 2.24) is 0 Å². The zero-order valence-corrected chi connectivity index (χ0v) is 12.1. The Morgan fingerprint density at radius 2 is 1.62 bits per heavy atom. The molecule has 0 spiro atoms. The summed E-state index contributed by atoms with van der Waals surface area (Å²) in [5, 5.41) is 8.38. The molecule has 0 bridgehead atoms.